The van der Waals surface area contributed by atoms with E-state index in [0.717, 1.165) is 30.8 Å². The minimum atomic E-state index is 0.131. The molecule has 0 radical (unpaired) electrons. The lowest BCUT2D eigenvalue weighted by molar-refractivity contribution is 0.0791. The molecule has 1 fully saturated rings. The van der Waals surface area contributed by atoms with Gasteiger partial charge in [-0.15, -0.1) is 0 Å². The number of nitrogens with zero attached hydrogens (tertiary/aromatic N) is 1. The Bertz CT molecular complexity index is 607. The van der Waals surface area contributed by atoms with Crippen molar-refractivity contribution in [1.82, 2.24) is 4.90 Å². The normalized spacial score (nSPS) is 17.8. The third-order valence-corrected chi connectivity index (χ3v) is 4.08. The third-order valence-electron chi connectivity index (χ3n) is 4.08. The minimum Gasteiger partial charge on any atom is -0.497 e. The van der Waals surface area contributed by atoms with Crippen molar-refractivity contribution in [2.75, 3.05) is 20.2 Å². The zero-order valence-electron chi connectivity index (χ0n) is 12.2. The van der Waals surface area contributed by atoms with E-state index in [1.807, 2.05) is 47.4 Å². The molecule has 0 aliphatic carbocycles. The van der Waals surface area contributed by atoms with E-state index in [4.69, 9.17) is 4.74 Å². The van der Waals surface area contributed by atoms with Crippen molar-refractivity contribution < 1.29 is 9.53 Å². The van der Waals surface area contributed by atoms with Gasteiger partial charge >= 0.3 is 0 Å². The van der Waals surface area contributed by atoms with E-state index in [1.54, 1.807) is 7.11 Å². The van der Waals surface area contributed by atoms with E-state index in [2.05, 4.69) is 12.1 Å². The summed E-state index contributed by atoms with van der Waals surface area (Å²) in [6, 6.07) is 17.7. The smallest absolute Gasteiger partial charge is 0.253 e. The highest BCUT2D eigenvalue weighted by Gasteiger charge is 2.27. The van der Waals surface area contributed by atoms with Gasteiger partial charge in [-0.1, -0.05) is 30.3 Å². The predicted octanol–water partition coefficient (Wildman–Crippen LogP) is 3.32. The van der Waals surface area contributed by atoms with Gasteiger partial charge in [0.2, 0.25) is 0 Å². The maximum Gasteiger partial charge on any atom is 0.253 e. The van der Waals surface area contributed by atoms with E-state index in [-0.39, 0.29) is 5.91 Å². The van der Waals surface area contributed by atoms with Gasteiger partial charge < -0.3 is 9.64 Å². The Hall–Kier alpha value is -2.29. The molecule has 0 N–H and O–H groups in total. The summed E-state index contributed by atoms with van der Waals surface area (Å²) in [6.45, 7) is 1.62. The number of ether oxygens (including phenoxy) is 1. The van der Waals surface area contributed by atoms with Crippen LogP contribution in [0.1, 0.15) is 28.3 Å². The summed E-state index contributed by atoms with van der Waals surface area (Å²) in [6.07, 6.45) is 1.02. The standard InChI is InChI=1S/C18H19NO2/c1-21-17-9-7-14(8-10-17)16-11-12-19(13-16)18(20)15-5-3-2-4-6-15/h2-10,16H,11-13H2,1H3. The second kappa shape index (κ2) is 6.00. The molecule has 2 aromatic carbocycles. The van der Waals surface area contributed by atoms with Crippen molar-refractivity contribution in [3.8, 4) is 5.75 Å². The van der Waals surface area contributed by atoms with Crippen LogP contribution < -0.4 is 4.74 Å². The molecule has 0 aromatic heterocycles. The number of likely N-dealkylation sites (tertiary alicyclic amines) is 1. The van der Waals surface area contributed by atoms with Gasteiger partial charge in [-0.2, -0.15) is 0 Å². The van der Waals surface area contributed by atoms with Crippen LogP contribution in [0.3, 0.4) is 0 Å². The van der Waals surface area contributed by atoms with Crippen molar-refractivity contribution in [3.63, 3.8) is 0 Å². The van der Waals surface area contributed by atoms with E-state index in [9.17, 15) is 4.79 Å². The molecule has 0 bridgehead atoms. The largest absolute Gasteiger partial charge is 0.497 e. The number of carbonyl (C=O) groups excluding carboxylic acids is 1. The molecule has 0 saturated carbocycles. The fourth-order valence-corrected chi connectivity index (χ4v) is 2.86. The summed E-state index contributed by atoms with van der Waals surface area (Å²) < 4.78 is 5.18. The number of rotatable bonds is 3. The lowest BCUT2D eigenvalue weighted by Crippen LogP contribution is -2.28. The lowest BCUT2D eigenvalue weighted by Gasteiger charge is -2.17. The van der Waals surface area contributed by atoms with Gasteiger partial charge in [0.15, 0.2) is 0 Å². The van der Waals surface area contributed by atoms with Crippen LogP contribution in [-0.4, -0.2) is 31.0 Å². The Morgan fingerprint density at radius 1 is 1.10 bits per heavy atom. The molecule has 21 heavy (non-hydrogen) atoms. The molecule has 108 valence electrons. The van der Waals surface area contributed by atoms with Crippen molar-refractivity contribution in [1.29, 1.82) is 0 Å². The molecule has 3 nitrogen and oxygen atoms in total. The van der Waals surface area contributed by atoms with Crippen molar-refractivity contribution in [3.05, 3.63) is 65.7 Å². The average molecular weight is 281 g/mol. The lowest BCUT2D eigenvalue weighted by atomic mass is 9.98. The quantitative estimate of drug-likeness (QED) is 0.863. The molecule has 1 aliphatic heterocycles. The van der Waals surface area contributed by atoms with E-state index < -0.39 is 0 Å². The Morgan fingerprint density at radius 3 is 2.48 bits per heavy atom. The summed E-state index contributed by atoms with van der Waals surface area (Å²) in [5, 5.41) is 0. The van der Waals surface area contributed by atoms with Gasteiger partial charge in [0.1, 0.15) is 5.75 Å². The maximum atomic E-state index is 12.4. The average Bonchev–Trinajstić information content (AvgIpc) is 3.05. The van der Waals surface area contributed by atoms with Crippen LogP contribution in [0.2, 0.25) is 0 Å². The number of hydrogen-bond donors (Lipinski definition) is 0. The molecule has 1 atom stereocenters. The number of benzene rings is 2. The Labute approximate surface area is 125 Å². The predicted molar refractivity (Wildman–Crippen MR) is 82.7 cm³/mol. The molecule has 3 heteroatoms. The third kappa shape index (κ3) is 2.92. The van der Waals surface area contributed by atoms with Crippen molar-refractivity contribution >= 4 is 5.91 Å². The van der Waals surface area contributed by atoms with Gasteiger partial charge in [0, 0.05) is 24.6 Å². The zero-order chi connectivity index (χ0) is 14.7. The molecule has 1 heterocycles. The fraction of sp³-hybridized carbons (Fsp3) is 0.278. The molecule has 1 unspecified atom stereocenters. The monoisotopic (exact) mass is 281 g/mol. The molecule has 2 aromatic rings. The van der Waals surface area contributed by atoms with E-state index in [0.29, 0.717) is 5.92 Å². The first-order valence-corrected chi connectivity index (χ1v) is 7.26. The van der Waals surface area contributed by atoms with Crippen molar-refractivity contribution in [2.45, 2.75) is 12.3 Å². The fourth-order valence-electron chi connectivity index (χ4n) is 2.86. The number of carbonyl (C=O) groups is 1. The minimum absolute atomic E-state index is 0.131. The summed E-state index contributed by atoms with van der Waals surface area (Å²) in [5.74, 6) is 1.42. The number of hydrogen-bond acceptors (Lipinski definition) is 2. The van der Waals surface area contributed by atoms with E-state index in [1.165, 1.54) is 5.56 Å². The first-order valence-electron chi connectivity index (χ1n) is 7.26. The zero-order valence-corrected chi connectivity index (χ0v) is 12.2. The van der Waals surface area contributed by atoms with Crippen LogP contribution >= 0.6 is 0 Å². The Balaban J connectivity index is 1.69. The molecule has 1 aliphatic rings. The highest BCUT2D eigenvalue weighted by molar-refractivity contribution is 5.94. The van der Waals surface area contributed by atoms with Crippen LogP contribution in [0.4, 0.5) is 0 Å². The molecular formula is C18H19NO2. The Kier molecular flexibility index (Phi) is 3.91. The summed E-state index contributed by atoms with van der Waals surface area (Å²) in [5.41, 5.74) is 2.05. The molecule has 1 saturated heterocycles. The van der Waals surface area contributed by atoms with Crippen LogP contribution in [0, 0.1) is 0 Å². The molecule has 1 amide bonds. The topological polar surface area (TPSA) is 29.5 Å². The Morgan fingerprint density at radius 2 is 1.81 bits per heavy atom. The first-order chi connectivity index (χ1) is 10.3. The maximum absolute atomic E-state index is 12.4. The molecular weight excluding hydrogens is 262 g/mol. The SMILES string of the molecule is COc1ccc(C2CCN(C(=O)c3ccccc3)C2)cc1. The summed E-state index contributed by atoms with van der Waals surface area (Å²) in [7, 11) is 1.67. The second-order valence-corrected chi connectivity index (χ2v) is 5.38. The second-order valence-electron chi connectivity index (χ2n) is 5.38. The van der Waals surface area contributed by atoms with Crippen molar-refractivity contribution in [2.24, 2.45) is 0 Å². The number of amides is 1. The van der Waals surface area contributed by atoms with Crippen LogP contribution in [0.15, 0.2) is 54.6 Å². The van der Waals surface area contributed by atoms with Crippen LogP contribution in [-0.2, 0) is 0 Å². The van der Waals surface area contributed by atoms with Gasteiger partial charge in [0.25, 0.3) is 5.91 Å². The highest BCUT2D eigenvalue weighted by Crippen LogP contribution is 2.29. The van der Waals surface area contributed by atoms with Gasteiger partial charge in [-0.3, -0.25) is 4.79 Å². The first kappa shape index (κ1) is 13.7. The van der Waals surface area contributed by atoms with Crippen LogP contribution in [0.5, 0.6) is 5.75 Å². The number of methoxy groups -OCH3 is 1. The molecule has 0 spiro atoms. The van der Waals surface area contributed by atoms with Gasteiger partial charge in [0.05, 0.1) is 7.11 Å². The van der Waals surface area contributed by atoms with Gasteiger partial charge in [-0.25, -0.2) is 0 Å². The van der Waals surface area contributed by atoms with Crippen LogP contribution in [0.25, 0.3) is 0 Å². The van der Waals surface area contributed by atoms with E-state index >= 15 is 0 Å². The highest BCUT2D eigenvalue weighted by atomic mass is 16.5. The summed E-state index contributed by atoms with van der Waals surface area (Å²) in [4.78, 5) is 14.4. The molecule has 3 rings (SSSR count). The van der Waals surface area contributed by atoms with Gasteiger partial charge in [-0.05, 0) is 36.2 Å². The summed E-state index contributed by atoms with van der Waals surface area (Å²) >= 11 is 0.